The molecule has 0 spiro atoms. The van der Waals surface area contributed by atoms with E-state index in [0.29, 0.717) is 23.9 Å². The van der Waals surface area contributed by atoms with Crippen molar-refractivity contribution in [3.63, 3.8) is 0 Å². The Hall–Kier alpha value is -1.17. The van der Waals surface area contributed by atoms with E-state index in [4.69, 9.17) is 0 Å². The number of amides is 1. The molecule has 23 heavy (non-hydrogen) atoms. The van der Waals surface area contributed by atoms with Gasteiger partial charge in [0, 0.05) is 40.8 Å². The summed E-state index contributed by atoms with van der Waals surface area (Å²) in [5.74, 6) is 1.09. The molecule has 1 aliphatic heterocycles. The molecule has 1 amide bonds. The van der Waals surface area contributed by atoms with Gasteiger partial charge in [0.05, 0.1) is 10.8 Å². The number of aromatic nitrogens is 2. The van der Waals surface area contributed by atoms with Gasteiger partial charge in [0.15, 0.2) is 5.69 Å². The van der Waals surface area contributed by atoms with Gasteiger partial charge in [-0.3, -0.25) is 13.7 Å². The molecule has 2 fully saturated rings. The van der Waals surface area contributed by atoms with Crippen molar-refractivity contribution >= 4 is 16.7 Å². The molecule has 3 rings (SSSR count). The summed E-state index contributed by atoms with van der Waals surface area (Å²) in [6.07, 6.45) is 2.37. The number of carbonyl (C=O) groups excluding carboxylic acids is 1. The Morgan fingerprint density at radius 2 is 1.96 bits per heavy atom. The van der Waals surface area contributed by atoms with Crippen LogP contribution in [0.3, 0.4) is 0 Å². The third kappa shape index (κ3) is 3.10. The standard InChI is InChI=1S/C17H27N3O2S/c1-11-12(2)23(22)9-8-19(11)16(21)14-10-15(13-6-7-13)20(18-14)17(3,4)5/h10-13H,6-9H2,1-5H3/t11-,12-,23+/m1/s1. The molecule has 3 atom stereocenters. The maximum Gasteiger partial charge on any atom is 0.274 e. The second-order valence-electron chi connectivity index (χ2n) is 7.84. The van der Waals surface area contributed by atoms with Crippen LogP contribution in [0.15, 0.2) is 6.07 Å². The van der Waals surface area contributed by atoms with E-state index in [-0.39, 0.29) is 22.7 Å². The molecule has 1 saturated heterocycles. The minimum Gasteiger partial charge on any atom is -0.332 e. The van der Waals surface area contributed by atoms with Crippen LogP contribution in [-0.4, -0.2) is 48.4 Å². The lowest BCUT2D eigenvalue weighted by molar-refractivity contribution is 0.0688. The summed E-state index contributed by atoms with van der Waals surface area (Å²) in [6.45, 7) is 10.9. The van der Waals surface area contributed by atoms with Crippen LogP contribution in [0.5, 0.6) is 0 Å². The fraction of sp³-hybridized carbons (Fsp3) is 0.765. The molecule has 0 bridgehead atoms. The maximum absolute atomic E-state index is 12.9. The van der Waals surface area contributed by atoms with Crippen molar-refractivity contribution in [2.75, 3.05) is 12.3 Å². The van der Waals surface area contributed by atoms with E-state index in [2.05, 4.69) is 25.9 Å². The van der Waals surface area contributed by atoms with E-state index in [1.165, 1.54) is 18.5 Å². The third-order valence-electron chi connectivity index (χ3n) is 4.97. The van der Waals surface area contributed by atoms with Crippen LogP contribution in [0, 0.1) is 0 Å². The van der Waals surface area contributed by atoms with Crippen molar-refractivity contribution in [1.29, 1.82) is 0 Å². The molecule has 1 saturated carbocycles. The molecule has 0 aromatic carbocycles. The summed E-state index contributed by atoms with van der Waals surface area (Å²) in [5.41, 5.74) is 1.59. The average molecular weight is 337 g/mol. The minimum atomic E-state index is -0.839. The van der Waals surface area contributed by atoms with Gasteiger partial charge >= 0.3 is 0 Å². The van der Waals surface area contributed by atoms with Crippen LogP contribution in [0.4, 0.5) is 0 Å². The van der Waals surface area contributed by atoms with Crippen LogP contribution < -0.4 is 0 Å². The van der Waals surface area contributed by atoms with Gasteiger partial charge in [-0.05, 0) is 53.5 Å². The number of nitrogens with zero attached hydrogens (tertiary/aromatic N) is 3. The molecule has 0 N–H and O–H groups in total. The Balaban J connectivity index is 1.89. The highest BCUT2D eigenvalue weighted by Gasteiger charge is 2.37. The third-order valence-corrected chi connectivity index (χ3v) is 6.78. The fourth-order valence-electron chi connectivity index (χ4n) is 3.19. The second-order valence-corrected chi connectivity index (χ2v) is 9.75. The molecule has 2 heterocycles. The lowest BCUT2D eigenvalue weighted by Crippen LogP contribution is -2.52. The summed E-state index contributed by atoms with van der Waals surface area (Å²) >= 11 is 0. The molecule has 1 aromatic rings. The van der Waals surface area contributed by atoms with Crippen LogP contribution in [0.2, 0.25) is 0 Å². The van der Waals surface area contributed by atoms with E-state index in [1.54, 1.807) is 0 Å². The quantitative estimate of drug-likeness (QED) is 0.833. The highest BCUT2D eigenvalue weighted by Crippen LogP contribution is 2.41. The zero-order valence-corrected chi connectivity index (χ0v) is 15.5. The lowest BCUT2D eigenvalue weighted by Gasteiger charge is -2.36. The normalized spacial score (nSPS) is 28.9. The molecule has 5 nitrogen and oxygen atoms in total. The van der Waals surface area contributed by atoms with E-state index < -0.39 is 10.8 Å². The number of hydrogen-bond acceptors (Lipinski definition) is 3. The van der Waals surface area contributed by atoms with Crippen LogP contribution >= 0.6 is 0 Å². The van der Waals surface area contributed by atoms with E-state index in [1.807, 2.05) is 29.5 Å². The fourth-order valence-corrected chi connectivity index (χ4v) is 4.53. The first kappa shape index (κ1) is 16.7. The van der Waals surface area contributed by atoms with Crippen LogP contribution in [0.25, 0.3) is 0 Å². The van der Waals surface area contributed by atoms with Gasteiger partial charge in [-0.25, -0.2) is 0 Å². The van der Waals surface area contributed by atoms with Crippen molar-refractivity contribution in [2.24, 2.45) is 0 Å². The van der Waals surface area contributed by atoms with Gasteiger partial charge in [-0.2, -0.15) is 5.10 Å². The first-order chi connectivity index (χ1) is 10.7. The molecule has 128 valence electrons. The number of carbonyl (C=O) groups is 1. The first-order valence-corrected chi connectivity index (χ1v) is 9.87. The topological polar surface area (TPSA) is 55.2 Å². The van der Waals surface area contributed by atoms with E-state index in [0.717, 1.165) is 0 Å². The summed E-state index contributed by atoms with van der Waals surface area (Å²) in [5, 5.41) is 4.66. The first-order valence-electron chi connectivity index (χ1n) is 8.48. The Kier molecular flexibility index (Phi) is 4.15. The number of rotatable bonds is 2. The predicted molar refractivity (Wildman–Crippen MR) is 92.2 cm³/mol. The smallest absolute Gasteiger partial charge is 0.274 e. The maximum atomic E-state index is 12.9. The van der Waals surface area contributed by atoms with Crippen molar-refractivity contribution in [2.45, 2.75) is 70.2 Å². The van der Waals surface area contributed by atoms with Crippen molar-refractivity contribution < 1.29 is 9.00 Å². The predicted octanol–water partition coefficient (Wildman–Crippen LogP) is 2.50. The molecular weight excluding hydrogens is 310 g/mol. The van der Waals surface area contributed by atoms with Crippen molar-refractivity contribution in [3.05, 3.63) is 17.5 Å². The van der Waals surface area contributed by atoms with Gasteiger partial charge < -0.3 is 4.90 Å². The van der Waals surface area contributed by atoms with Gasteiger partial charge in [0.1, 0.15) is 0 Å². The largest absolute Gasteiger partial charge is 0.332 e. The Bertz CT molecular complexity index is 643. The molecule has 6 heteroatoms. The summed E-state index contributed by atoms with van der Waals surface area (Å²) in [6, 6.07) is 1.97. The zero-order valence-electron chi connectivity index (χ0n) is 14.7. The Morgan fingerprint density at radius 1 is 1.30 bits per heavy atom. The Morgan fingerprint density at radius 3 is 2.52 bits per heavy atom. The van der Waals surface area contributed by atoms with Crippen molar-refractivity contribution in [1.82, 2.24) is 14.7 Å². The zero-order chi connectivity index (χ0) is 16.9. The van der Waals surface area contributed by atoms with Gasteiger partial charge in [0.2, 0.25) is 0 Å². The highest BCUT2D eigenvalue weighted by atomic mass is 32.2. The SMILES string of the molecule is C[C@@H]1[C@@H](C)[S@@](=O)CCN1C(=O)c1cc(C2CC2)n(C(C)(C)C)n1. The van der Waals surface area contributed by atoms with Crippen LogP contribution in [-0.2, 0) is 16.3 Å². The summed E-state index contributed by atoms with van der Waals surface area (Å²) in [4.78, 5) is 14.8. The molecule has 0 radical (unpaired) electrons. The van der Waals surface area contributed by atoms with E-state index >= 15 is 0 Å². The van der Waals surface area contributed by atoms with Gasteiger partial charge in [-0.15, -0.1) is 0 Å². The molecule has 2 aliphatic rings. The van der Waals surface area contributed by atoms with Crippen LogP contribution in [0.1, 0.15) is 69.6 Å². The average Bonchev–Trinajstić information content (AvgIpc) is 3.21. The molecule has 1 aromatic heterocycles. The second kappa shape index (κ2) is 5.72. The summed E-state index contributed by atoms with van der Waals surface area (Å²) in [7, 11) is -0.839. The molecule has 1 aliphatic carbocycles. The monoisotopic (exact) mass is 337 g/mol. The highest BCUT2D eigenvalue weighted by molar-refractivity contribution is 7.85. The van der Waals surface area contributed by atoms with Gasteiger partial charge in [-0.1, -0.05) is 0 Å². The van der Waals surface area contributed by atoms with Crippen molar-refractivity contribution in [3.8, 4) is 0 Å². The minimum absolute atomic E-state index is 0.0127. The number of hydrogen-bond donors (Lipinski definition) is 0. The Labute approximate surface area is 140 Å². The molecular formula is C17H27N3O2S. The molecule has 0 unspecified atom stereocenters. The summed E-state index contributed by atoms with van der Waals surface area (Å²) < 4.78 is 14.0. The van der Waals surface area contributed by atoms with Gasteiger partial charge in [0.25, 0.3) is 5.91 Å². The lowest BCUT2D eigenvalue weighted by atomic mass is 10.1. The van der Waals surface area contributed by atoms with E-state index in [9.17, 15) is 9.00 Å².